The zero-order valence-electron chi connectivity index (χ0n) is 7.63. The molecule has 0 N–H and O–H groups in total. The Morgan fingerprint density at radius 2 is 1.58 bits per heavy atom. The van der Waals surface area contributed by atoms with Crippen molar-refractivity contribution < 1.29 is 0 Å². The lowest BCUT2D eigenvalue weighted by molar-refractivity contribution is 0.826. The summed E-state index contributed by atoms with van der Waals surface area (Å²) >= 11 is 0. The van der Waals surface area contributed by atoms with Gasteiger partial charge in [0, 0.05) is 0 Å². The highest BCUT2D eigenvalue weighted by atomic mass is 13.9. The Balaban J connectivity index is 2.30. The molecule has 0 heterocycles. The van der Waals surface area contributed by atoms with Crippen molar-refractivity contribution in [1.82, 2.24) is 0 Å². The van der Waals surface area contributed by atoms with Crippen molar-refractivity contribution in [3.05, 3.63) is 36.5 Å². The molecule has 0 unspecified atom stereocenters. The van der Waals surface area contributed by atoms with E-state index < -0.39 is 0 Å². The van der Waals surface area contributed by atoms with Gasteiger partial charge in [0.05, 0.1) is 0 Å². The molecule has 0 atom stereocenters. The molecule has 0 aliphatic heterocycles. The van der Waals surface area contributed by atoms with E-state index in [9.17, 15) is 0 Å². The standard InChI is InChI=1S/C12H17/c1-2-4-6-8-10-12-11-9-7-5-3-1/h1-4,11H,5-10H2/b3-1-,4-2+,12-11?. The summed E-state index contributed by atoms with van der Waals surface area (Å²) in [5.41, 5.74) is 0. The topological polar surface area (TPSA) is 0 Å². The Bertz CT molecular complexity index is 152. The first kappa shape index (κ1) is 9.31. The van der Waals surface area contributed by atoms with Crippen molar-refractivity contribution >= 4 is 0 Å². The van der Waals surface area contributed by atoms with Gasteiger partial charge in [-0.3, -0.25) is 0 Å². The van der Waals surface area contributed by atoms with Crippen LogP contribution in [0.5, 0.6) is 0 Å². The van der Waals surface area contributed by atoms with Crippen LogP contribution < -0.4 is 0 Å². The molecule has 0 fully saturated rings. The van der Waals surface area contributed by atoms with Crippen LogP contribution in [0.2, 0.25) is 0 Å². The molecule has 0 aromatic rings. The Hall–Kier alpha value is -0.780. The second-order valence-corrected chi connectivity index (χ2v) is 3.09. The van der Waals surface area contributed by atoms with Gasteiger partial charge >= 0.3 is 0 Å². The van der Waals surface area contributed by atoms with E-state index in [0.717, 1.165) is 6.42 Å². The molecule has 0 bridgehead atoms. The van der Waals surface area contributed by atoms with Gasteiger partial charge in [0.2, 0.25) is 0 Å². The third-order valence-electron chi connectivity index (χ3n) is 1.94. The molecule has 0 saturated heterocycles. The molecule has 1 aliphatic carbocycles. The van der Waals surface area contributed by atoms with E-state index in [1.54, 1.807) is 0 Å². The van der Waals surface area contributed by atoms with E-state index in [2.05, 4.69) is 36.5 Å². The Morgan fingerprint density at radius 1 is 0.833 bits per heavy atom. The number of rotatable bonds is 0. The largest absolute Gasteiger partial charge is 0.0845 e. The summed E-state index contributed by atoms with van der Waals surface area (Å²) in [5, 5.41) is 0. The van der Waals surface area contributed by atoms with Crippen molar-refractivity contribution in [2.45, 2.75) is 38.5 Å². The lowest BCUT2D eigenvalue weighted by Gasteiger charge is -1.93. The molecule has 0 nitrogen and oxygen atoms in total. The van der Waals surface area contributed by atoms with Crippen LogP contribution in [0.1, 0.15) is 38.5 Å². The zero-order chi connectivity index (χ0) is 8.49. The number of hydrogen-bond acceptors (Lipinski definition) is 0. The van der Waals surface area contributed by atoms with Gasteiger partial charge in [0.15, 0.2) is 0 Å². The molecule has 1 radical (unpaired) electrons. The molecule has 65 valence electrons. The molecule has 1 rings (SSSR count). The van der Waals surface area contributed by atoms with Gasteiger partial charge in [-0.1, -0.05) is 30.4 Å². The molecule has 0 aromatic carbocycles. The van der Waals surface area contributed by atoms with E-state index in [1.807, 2.05) is 0 Å². The molecule has 0 heteroatoms. The lowest BCUT2D eigenvalue weighted by Crippen LogP contribution is -1.73. The van der Waals surface area contributed by atoms with Crippen LogP contribution in [0.25, 0.3) is 0 Å². The third kappa shape index (κ3) is 4.95. The van der Waals surface area contributed by atoms with Crippen molar-refractivity contribution in [3.8, 4) is 0 Å². The van der Waals surface area contributed by atoms with Crippen LogP contribution in [-0.2, 0) is 0 Å². The van der Waals surface area contributed by atoms with Crippen LogP contribution in [0.15, 0.2) is 30.4 Å². The summed E-state index contributed by atoms with van der Waals surface area (Å²) in [4.78, 5) is 0. The second-order valence-electron chi connectivity index (χ2n) is 3.09. The molecule has 1 aliphatic rings. The summed E-state index contributed by atoms with van der Waals surface area (Å²) in [6.45, 7) is 0. The first-order valence-electron chi connectivity index (χ1n) is 4.87. The van der Waals surface area contributed by atoms with E-state index in [1.165, 1.54) is 32.1 Å². The minimum atomic E-state index is 1.12. The van der Waals surface area contributed by atoms with Gasteiger partial charge in [0.25, 0.3) is 0 Å². The maximum atomic E-state index is 3.32. The Kier molecular flexibility index (Phi) is 5.35. The van der Waals surface area contributed by atoms with Gasteiger partial charge in [-0.25, -0.2) is 0 Å². The number of hydrogen-bond donors (Lipinski definition) is 0. The van der Waals surface area contributed by atoms with Crippen molar-refractivity contribution in [2.24, 2.45) is 0 Å². The predicted octanol–water partition coefficient (Wildman–Crippen LogP) is 3.81. The fourth-order valence-corrected chi connectivity index (χ4v) is 1.21. The summed E-state index contributed by atoms with van der Waals surface area (Å²) in [7, 11) is 0. The van der Waals surface area contributed by atoms with Gasteiger partial charge in [-0.05, 0) is 44.6 Å². The first-order valence-corrected chi connectivity index (χ1v) is 4.87. The molecular formula is C12H17. The van der Waals surface area contributed by atoms with Crippen LogP contribution in [-0.4, -0.2) is 0 Å². The normalized spacial score (nSPS) is 28.0. The molecule has 12 heavy (non-hydrogen) atoms. The Morgan fingerprint density at radius 3 is 2.42 bits per heavy atom. The minimum absolute atomic E-state index is 1.12. The highest BCUT2D eigenvalue weighted by molar-refractivity contribution is 5.02. The SMILES string of the molecule is [C]1=C\CCC/C=C\C=C\CCC/1. The van der Waals surface area contributed by atoms with Gasteiger partial charge in [-0.2, -0.15) is 0 Å². The van der Waals surface area contributed by atoms with Crippen LogP contribution in [0.4, 0.5) is 0 Å². The van der Waals surface area contributed by atoms with E-state index in [0.29, 0.717) is 0 Å². The first-order chi connectivity index (χ1) is 6.00. The van der Waals surface area contributed by atoms with Crippen molar-refractivity contribution in [3.63, 3.8) is 0 Å². The van der Waals surface area contributed by atoms with Crippen LogP contribution in [0.3, 0.4) is 0 Å². The van der Waals surface area contributed by atoms with Crippen molar-refractivity contribution in [1.29, 1.82) is 0 Å². The summed E-state index contributed by atoms with van der Waals surface area (Å²) < 4.78 is 0. The summed E-state index contributed by atoms with van der Waals surface area (Å²) in [6, 6.07) is 0. The minimum Gasteiger partial charge on any atom is -0.0845 e. The second kappa shape index (κ2) is 6.90. The molecular weight excluding hydrogens is 144 g/mol. The van der Waals surface area contributed by atoms with Crippen LogP contribution >= 0.6 is 0 Å². The van der Waals surface area contributed by atoms with Gasteiger partial charge < -0.3 is 0 Å². The predicted molar refractivity (Wildman–Crippen MR) is 53.8 cm³/mol. The molecule has 0 aromatic heterocycles. The van der Waals surface area contributed by atoms with Gasteiger partial charge in [0.1, 0.15) is 0 Å². The monoisotopic (exact) mass is 161 g/mol. The molecule has 0 spiro atoms. The Labute approximate surface area is 75.7 Å². The summed E-state index contributed by atoms with van der Waals surface area (Å²) in [6.07, 6.45) is 21.5. The molecule has 0 saturated carbocycles. The van der Waals surface area contributed by atoms with E-state index >= 15 is 0 Å². The highest BCUT2D eigenvalue weighted by Crippen LogP contribution is 2.03. The quantitative estimate of drug-likeness (QED) is 0.506. The molecule has 0 amide bonds. The lowest BCUT2D eigenvalue weighted by atomic mass is 10.1. The zero-order valence-corrected chi connectivity index (χ0v) is 7.63. The van der Waals surface area contributed by atoms with Crippen LogP contribution in [0, 0.1) is 6.08 Å². The number of allylic oxidation sites excluding steroid dienone is 6. The third-order valence-corrected chi connectivity index (χ3v) is 1.94. The highest BCUT2D eigenvalue weighted by Gasteiger charge is 1.84. The maximum Gasteiger partial charge on any atom is -0.0276 e. The smallest absolute Gasteiger partial charge is 0.0276 e. The maximum absolute atomic E-state index is 3.32. The fraction of sp³-hybridized carbons (Fsp3) is 0.500. The average molecular weight is 161 g/mol. The summed E-state index contributed by atoms with van der Waals surface area (Å²) in [5.74, 6) is 0. The average Bonchev–Trinajstić information content (AvgIpc) is 2.05. The van der Waals surface area contributed by atoms with Crippen molar-refractivity contribution in [2.75, 3.05) is 0 Å². The van der Waals surface area contributed by atoms with E-state index in [4.69, 9.17) is 0 Å². The van der Waals surface area contributed by atoms with E-state index in [-0.39, 0.29) is 0 Å². The van der Waals surface area contributed by atoms with Gasteiger partial charge in [-0.15, -0.1) is 0 Å². The fourth-order valence-electron chi connectivity index (χ4n) is 1.21.